The summed E-state index contributed by atoms with van der Waals surface area (Å²) in [6, 6.07) is 1.67. The van der Waals surface area contributed by atoms with Crippen molar-refractivity contribution < 1.29 is 14.7 Å². The molecule has 0 bridgehead atoms. The molecule has 0 aliphatic heterocycles. The highest BCUT2D eigenvalue weighted by Crippen LogP contribution is 2.27. The number of H-pyrrole nitrogens is 1. The first-order chi connectivity index (χ1) is 8.10. The molecular formula is C11H15N3O3. The van der Waals surface area contributed by atoms with E-state index in [1.807, 2.05) is 6.92 Å². The predicted molar refractivity (Wildman–Crippen MR) is 59.6 cm³/mol. The van der Waals surface area contributed by atoms with Gasteiger partial charge in [-0.1, -0.05) is 6.92 Å². The molecule has 1 heterocycles. The Bertz CT molecular complexity index is 435. The van der Waals surface area contributed by atoms with Gasteiger partial charge in [0.1, 0.15) is 5.69 Å². The molecule has 1 aliphatic carbocycles. The maximum atomic E-state index is 11.7. The van der Waals surface area contributed by atoms with Crippen molar-refractivity contribution in [2.45, 2.75) is 32.2 Å². The zero-order chi connectivity index (χ0) is 12.4. The smallest absolute Gasteiger partial charge is 0.306 e. The quantitative estimate of drug-likeness (QED) is 0.713. The van der Waals surface area contributed by atoms with Crippen LogP contribution in [-0.4, -0.2) is 33.2 Å². The van der Waals surface area contributed by atoms with Crippen LogP contribution in [0.25, 0.3) is 0 Å². The summed E-state index contributed by atoms with van der Waals surface area (Å²) in [6.45, 7) is 1.97. The van der Waals surface area contributed by atoms with Crippen molar-refractivity contribution in [1.29, 1.82) is 0 Å². The fourth-order valence-corrected chi connectivity index (χ4v) is 1.86. The lowest BCUT2D eigenvalue weighted by molar-refractivity contribution is -0.145. The first-order valence-electron chi connectivity index (χ1n) is 5.68. The van der Waals surface area contributed by atoms with Crippen LogP contribution in [0.3, 0.4) is 0 Å². The Morgan fingerprint density at radius 3 is 2.82 bits per heavy atom. The van der Waals surface area contributed by atoms with Crippen molar-refractivity contribution in [3.63, 3.8) is 0 Å². The number of rotatable bonds is 4. The summed E-state index contributed by atoms with van der Waals surface area (Å²) in [4.78, 5) is 22.3. The number of carbonyl (C=O) groups excluding carboxylic acids is 1. The van der Waals surface area contributed by atoms with E-state index in [0.29, 0.717) is 18.5 Å². The van der Waals surface area contributed by atoms with Gasteiger partial charge in [-0.15, -0.1) is 0 Å². The van der Waals surface area contributed by atoms with Gasteiger partial charge in [0.05, 0.1) is 5.92 Å². The van der Waals surface area contributed by atoms with Gasteiger partial charge in [0.2, 0.25) is 0 Å². The molecule has 1 aromatic rings. The summed E-state index contributed by atoms with van der Waals surface area (Å²) in [5, 5.41) is 18.1. The van der Waals surface area contributed by atoms with Gasteiger partial charge in [0.25, 0.3) is 5.91 Å². The highest BCUT2D eigenvalue weighted by molar-refractivity contribution is 5.92. The van der Waals surface area contributed by atoms with Crippen LogP contribution in [0.4, 0.5) is 0 Å². The number of nitrogens with one attached hydrogen (secondary N) is 2. The minimum atomic E-state index is -0.788. The molecule has 0 atom stereocenters. The topological polar surface area (TPSA) is 95.1 Å². The molecule has 1 aromatic heterocycles. The van der Waals surface area contributed by atoms with E-state index < -0.39 is 5.97 Å². The zero-order valence-electron chi connectivity index (χ0n) is 9.56. The fourth-order valence-electron chi connectivity index (χ4n) is 1.86. The number of nitrogens with zero attached hydrogens (tertiary/aromatic N) is 1. The van der Waals surface area contributed by atoms with Crippen LogP contribution in [0.15, 0.2) is 6.07 Å². The van der Waals surface area contributed by atoms with Gasteiger partial charge < -0.3 is 10.4 Å². The second-order valence-electron chi connectivity index (χ2n) is 4.31. The van der Waals surface area contributed by atoms with Gasteiger partial charge in [0.15, 0.2) is 0 Å². The Morgan fingerprint density at radius 1 is 1.59 bits per heavy atom. The number of carboxylic acid groups (broad SMARTS) is 1. The normalized spacial score (nSPS) is 22.9. The maximum absolute atomic E-state index is 11.7. The van der Waals surface area contributed by atoms with Crippen molar-refractivity contribution in [3.8, 4) is 0 Å². The first kappa shape index (κ1) is 11.6. The number of carboxylic acids is 1. The summed E-state index contributed by atoms with van der Waals surface area (Å²) in [7, 11) is 0. The average Bonchev–Trinajstić information content (AvgIpc) is 2.70. The number of aryl methyl sites for hydroxylation is 1. The summed E-state index contributed by atoms with van der Waals surface area (Å²) in [6.07, 6.45) is 1.81. The standard InChI is InChI=1S/C11H15N3O3/c1-2-7-5-9(14-13-7)10(15)12-8-3-6(4-8)11(16)17/h5-6,8H,2-4H2,1H3,(H,12,15)(H,13,14)(H,16,17). The fraction of sp³-hybridized carbons (Fsp3) is 0.545. The predicted octanol–water partition coefficient (Wildman–Crippen LogP) is 0.565. The van der Waals surface area contributed by atoms with Gasteiger partial charge in [-0.2, -0.15) is 5.10 Å². The Balaban J connectivity index is 1.84. The van der Waals surface area contributed by atoms with E-state index in [4.69, 9.17) is 5.11 Å². The SMILES string of the molecule is CCc1cc(C(=O)NC2CC(C(=O)O)C2)n[nH]1. The van der Waals surface area contributed by atoms with Crippen molar-refractivity contribution in [1.82, 2.24) is 15.5 Å². The van der Waals surface area contributed by atoms with Crippen LogP contribution < -0.4 is 5.32 Å². The molecule has 0 saturated heterocycles. The van der Waals surface area contributed by atoms with E-state index in [9.17, 15) is 9.59 Å². The lowest BCUT2D eigenvalue weighted by Crippen LogP contribution is -2.46. The lowest BCUT2D eigenvalue weighted by Gasteiger charge is -2.32. The summed E-state index contributed by atoms with van der Waals surface area (Å²) in [5.41, 5.74) is 1.27. The Labute approximate surface area is 98.4 Å². The van der Waals surface area contributed by atoms with E-state index >= 15 is 0 Å². The second-order valence-corrected chi connectivity index (χ2v) is 4.31. The van der Waals surface area contributed by atoms with Gasteiger partial charge >= 0.3 is 5.97 Å². The number of carbonyl (C=O) groups is 2. The third-order valence-electron chi connectivity index (χ3n) is 3.07. The largest absolute Gasteiger partial charge is 0.481 e. The number of amides is 1. The Morgan fingerprint density at radius 2 is 2.29 bits per heavy atom. The van der Waals surface area contributed by atoms with Crippen molar-refractivity contribution in [2.24, 2.45) is 5.92 Å². The second kappa shape index (κ2) is 4.57. The number of hydrogen-bond acceptors (Lipinski definition) is 3. The average molecular weight is 237 g/mol. The molecule has 0 spiro atoms. The Kier molecular flexibility index (Phi) is 3.12. The lowest BCUT2D eigenvalue weighted by atomic mass is 9.80. The zero-order valence-corrected chi connectivity index (χ0v) is 9.56. The van der Waals surface area contributed by atoms with Crippen LogP contribution in [0.5, 0.6) is 0 Å². The Hall–Kier alpha value is -1.85. The monoisotopic (exact) mass is 237 g/mol. The summed E-state index contributed by atoms with van der Waals surface area (Å²) in [5.74, 6) is -1.34. The van der Waals surface area contributed by atoms with Gasteiger partial charge in [0, 0.05) is 11.7 Å². The molecule has 0 radical (unpaired) electrons. The molecule has 0 unspecified atom stereocenters. The molecule has 1 fully saturated rings. The van der Waals surface area contributed by atoms with E-state index in [1.165, 1.54) is 0 Å². The van der Waals surface area contributed by atoms with Crippen LogP contribution in [0.2, 0.25) is 0 Å². The van der Waals surface area contributed by atoms with E-state index in [1.54, 1.807) is 6.07 Å². The number of aromatic nitrogens is 2. The number of aromatic amines is 1. The van der Waals surface area contributed by atoms with Gasteiger partial charge in [-0.3, -0.25) is 14.7 Å². The molecule has 6 heteroatoms. The molecular weight excluding hydrogens is 222 g/mol. The van der Waals surface area contributed by atoms with Crippen molar-refractivity contribution in [2.75, 3.05) is 0 Å². The van der Waals surface area contributed by atoms with Crippen LogP contribution in [0, 0.1) is 5.92 Å². The molecule has 6 nitrogen and oxygen atoms in total. The van der Waals surface area contributed by atoms with E-state index in [0.717, 1.165) is 12.1 Å². The third-order valence-corrected chi connectivity index (χ3v) is 3.07. The van der Waals surface area contributed by atoms with Crippen LogP contribution >= 0.6 is 0 Å². The molecule has 2 rings (SSSR count). The first-order valence-corrected chi connectivity index (χ1v) is 5.68. The minimum Gasteiger partial charge on any atom is -0.481 e. The highest BCUT2D eigenvalue weighted by atomic mass is 16.4. The molecule has 17 heavy (non-hydrogen) atoms. The van der Waals surface area contributed by atoms with Gasteiger partial charge in [-0.05, 0) is 25.3 Å². The molecule has 1 aliphatic rings. The molecule has 1 amide bonds. The van der Waals surface area contributed by atoms with E-state index in [-0.39, 0.29) is 17.9 Å². The third kappa shape index (κ3) is 2.46. The van der Waals surface area contributed by atoms with Crippen molar-refractivity contribution in [3.05, 3.63) is 17.5 Å². The van der Waals surface area contributed by atoms with Crippen molar-refractivity contribution >= 4 is 11.9 Å². The molecule has 92 valence electrons. The van der Waals surface area contributed by atoms with Crippen LogP contribution in [-0.2, 0) is 11.2 Å². The highest BCUT2D eigenvalue weighted by Gasteiger charge is 2.35. The summed E-state index contributed by atoms with van der Waals surface area (Å²) >= 11 is 0. The van der Waals surface area contributed by atoms with Crippen LogP contribution in [0.1, 0.15) is 35.9 Å². The summed E-state index contributed by atoms with van der Waals surface area (Å²) < 4.78 is 0. The molecule has 3 N–H and O–H groups in total. The minimum absolute atomic E-state index is 0.0367. The van der Waals surface area contributed by atoms with Gasteiger partial charge in [-0.25, -0.2) is 0 Å². The number of hydrogen-bond donors (Lipinski definition) is 3. The maximum Gasteiger partial charge on any atom is 0.306 e. The molecule has 1 saturated carbocycles. The number of aliphatic carboxylic acids is 1. The molecule has 0 aromatic carbocycles. The van der Waals surface area contributed by atoms with E-state index in [2.05, 4.69) is 15.5 Å².